The van der Waals surface area contributed by atoms with Crippen molar-refractivity contribution in [3.8, 4) is 0 Å². The third kappa shape index (κ3) is 5.01. The van der Waals surface area contributed by atoms with Crippen molar-refractivity contribution in [3.05, 3.63) is 0 Å². The van der Waals surface area contributed by atoms with Crippen molar-refractivity contribution in [2.24, 2.45) is 5.73 Å². The highest BCUT2D eigenvalue weighted by molar-refractivity contribution is 5.79. The van der Waals surface area contributed by atoms with E-state index < -0.39 is 11.5 Å². The van der Waals surface area contributed by atoms with Crippen molar-refractivity contribution in [2.45, 2.75) is 44.7 Å². The number of nitrogens with two attached hydrogens (primary N) is 1. The lowest BCUT2D eigenvalue weighted by Crippen LogP contribution is -2.48. The molecule has 3 N–H and O–H groups in total. The van der Waals surface area contributed by atoms with Crippen molar-refractivity contribution in [1.29, 1.82) is 0 Å². The van der Waals surface area contributed by atoms with Gasteiger partial charge in [-0.25, -0.2) is 0 Å². The van der Waals surface area contributed by atoms with Crippen LogP contribution < -0.4 is 5.73 Å². The van der Waals surface area contributed by atoms with Crippen molar-refractivity contribution >= 4 is 5.97 Å². The van der Waals surface area contributed by atoms with Crippen LogP contribution >= 0.6 is 0 Å². The molecule has 0 bridgehead atoms. The van der Waals surface area contributed by atoms with Gasteiger partial charge in [-0.15, -0.1) is 0 Å². The molecular formula is C14H28N2O4. The van der Waals surface area contributed by atoms with Crippen LogP contribution in [0, 0.1) is 0 Å². The van der Waals surface area contributed by atoms with Crippen LogP contribution in [0.15, 0.2) is 0 Å². The van der Waals surface area contributed by atoms with Gasteiger partial charge in [0.15, 0.2) is 0 Å². The zero-order valence-corrected chi connectivity index (χ0v) is 12.6. The zero-order valence-electron chi connectivity index (χ0n) is 12.6. The third-order valence-corrected chi connectivity index (χ3v) is 3.92. The molecule has 0 saturated heterocycles. The molecule has 1 saturated carbocycles. The minimum absolute atomic E-state index is 0.206. The summed E-state index contributed by atoms with van der Waals surface area (Å²) in [5.74, 6) is -0.894. The van der Waals surface area contributed by atoms with Gasteiger partial charge in [0.25, 0.3) is 0 Å². The second-order valence-corrected chi connectivity index (χ2v) is 5.29. The van der Waals surface area contributed by atoms with E-state index >= 15 is 0 Å². The second-order valence-electron chi connectivity index (χ2n) is 5.29. The Labute approximate surface area is 121 Å². The van der Waals surface area contributed by atoms with Crippen molar-refractivity contribution < 1.29 is 19.4 Å². The van der Waals surface area contributed by atoms with Gasteiger partial charge in [-0.3, -0.25) is 9.69 Å². The van der Waals surface area contributed by atoms with Crippen LogP contribution in [0.1, 0.15) is 33.1 Å². The third-order valence-electron chi connectivity index (χ3n) is 3.92. The number of carbonyl (C=O) groups is 1. The first-order valence-electron chi connectivity index (χ1n) is 7.45. The highest BCUT2D eigenvalue weighted by Crippen LogP contribution is 2.31. The van der Waals surface area contributed by atoms with Gasteiger partial charge in [-0.1, -0.05) is 0 Å². The summed E-state index contributed by atoms with van der Waals surface area (Å²) in [6, 6.07) is 0.206. The summed E-state index contributed by atoms with van der Waals surface area (Å²) < 4.78 is 10.8. The lowest BCUT2D eigenvalue weighted by Gasteiger charge is -2.29. The molecular weight excluding hydrogens is 260 g/mol. The summed E-state index contributed by atoms with van der Waals surface area (Å²) in [7, 11) is 0. The molecule has 2 atom stereocenters. The highest BCUT2D eigenvalue weighted by atomic mass is 16.5. The number of nitrogens with zero attached hydrogens (tertiary/aromatic N) is 1. The molecule has 1 fully saturated rings. The molecule has 0 aliphatic heterocycles. The SMILES string of the molecule is CCOCCN(CCOCC)C1CCC(N)(C(=O)O)C1. The first-order chi connectivity index (χ1) is 9.53. The number of aliphatic carboxylic acids is 1. The van der Waals surface area contributed by atoms with E-state index in [0.717, 1.165) is 19.5 Å². The normalized spacial score (nSPS) is 26.3. The average Bonchev–Trinajstić information content (AvgIpc) is 2.81. The van der Waals surface area contributed by atoms with Gasteiger partial charge in [-0.05, 0) is 33.1 Å². The summed E-state index contributed by atoms with van der Waals surface area (Å²) in [6.45, 7) is 8.22. The molecule has 2 unspecified atom stereocenters. The van der Waals surface area contributed by atoms with Crippen LogP contribution in [0.3, 0.4) is 0 Å². The van der Waals surface area contributed by atoms with Gasteiger partial charge >= 0.3 is 5.97 Å². The van der Waals surface area contributed by atoms with E-state index in [1.807, 2.05) is 13.8 Å². The smallest absolute Gasteiger partial charge is 0.323 e. The van der Waals surface area contributed by atoms with E-state index in [1.165, 1.54) is 0 Å². The van der Waals surface area contributed by atoms with Crippen LogP contribution in [0.2, 0.25) is 0 Å². The van der Waals surface area contributed by atoms with Gasteiger partial charge in [-0.2, -0.15) is 0 Å². The number of ether oxygens (including phenoxy) is 2. The van der Waals surface area contributed by atoms with E-state index in [-0.39, 0.29) is 6.04 Å². The Hall–Kier alpha value is -0.690. The van der Waals surface area contributed by atoms with E-state index in [2.05, 4.69) is 4.90 Å². The van der Waals surface area contributed by atoms with Crippen LogP contribution in [-0.2, 0) is 14.3 Å². The summed E-state index contributed by atoms with van der Waals surface area (Å²) in [4.78, 5) is 13.5. The number of carboxylic acid groups (broad SMARTS) is 1. The highest BCUT2D eigenvalue weighted by Gasteiger charge is 2.43. The fraction of sp³-hybridized carbons (Fsp3) is 0.929. The zero-order chi connectivity index (χ0) is 15.0. The van der Waals surface area contributed by atoms with Gasteiger partial charge in [0.05, 0.1) is 13.2 Å². The Bertz CT molecular complexity index is 291. The van der Waals surface area contributed by atoms with E-state index in [9.17, 15) is 9.90 Å². The topological polar surface area (TPSA) is 85.0 Å². The van der Waals surface area contributed by atoms with Crippen molar-refractivity contribution in [2.75, 3.05) is 39.5 Å². The lowest BCUT2D eigenvalue weighted by molar-refractivity contribution is -0.143. The molecule has 0 aromatic heterocycles. The Kier molecular flexibility index (Phi) is 7.43. The Morgan fingerprint density at radius 2 is 1.85 bits per heavy atom. The average molecular weight is 288 g/mol. The monoisotopic (exact) mass is 288 g/mol. The first kappa shape index (κ1) is 17.4. The number of hydrogen-bond acceptors (Lipinski definition) is 5. The van der Waals surface area contributed by atoms with Gasteiger partial charge in [0, 0.05) is 32.3 Å². The van der Waals surface area contributed by atoms with Crippen molar-refractivity contribution in [1.82, 2.24) is 4.90 Å². The number of carboxylic acids is 1. The fourth-order valence-electron chi connectivity index (χ4n) is 2.68. The molecule has 0 heterocycles. The largest absolute Gasteiger partial charge is 0.480 e. The van der Waals surface area contributed by atoms with Gasteiger partial charge in [0.1, 0.15) is 5.54 Å². The van der Waals surface area contributed by atoms with Gasteiger partial charge in [0.2, 0.25) is 0 Å². The lowest BCUT2D eigenvalue weighted by atomic mass is 9.99. The summed E-state index contributed by atoms with van der Waals surface area (Å²) in [5, 5.41) is 9.21. The standard InChI is InChI=1S/C14H28N2O4/c1-3-19-9-7-16(8-10-20-4-2)12-5-6-14(15,11-12)13(17)18/h12H,3-11,15H2,1-2H3,(H,17,18). The quantitative estimate of drug-likeness (QED) is 0.576. The number of hydrogen-bond donors (Lipinski definition) is 2. The van der Waals surface area contributed by atoms with Crippen LogP contribution in [0.25, 0.3) is 0 Å². The van der Waals surface area contributed by atoms with Crippen molar-refractivity contribution in [3.63, 3.8) is 0 Å². The van der Waals surface area contributed by atoms with Crippen LogP contribution in [0.5, 0.6) is 0 Å². The Morgan fingerprint density at radius 1 is 1.30 bits per heavy atom. The Morgan fingerprint density at radius 3 is 2.25 bits per heavy atom. The summed E-state index contributed by atoms with van der Waals surface area (Å²) in [6.07, 6.45) is 1.86. The summed E-state index contributed by atoms with van der Waals surface area (Å²) >= 11 is 0. The molecule has 6 heteroatoms. The van der Waals surface area contributed by atoms with E-state index in [0.29, 0.717) is 39.3 Å². The predicted molar refractivity (Wildman–Crippen MR) is 76.8 cm³/mol. The molecule has 0 spiro atoms. The number of rotatable bonds is 10. The van der Waals surface area contributed by atoms with Gasteiger partial charge < -0.3 is 20.3 Å². The second kappa shape index (κ2) is 8.56. The van der Waals surface area contributed by atoms with Crippen LogP contribution in [0.4, 0.5) is 0 Å². The molecule has 0 aromatic rings. The maximum Gasteiger partial charge on any atom is 0.323 e. The van der Waals surface area contributed by atoms with E-state index in [4.69, 9.17) is 15.2 Å². The first-order valence-corrected chi connectivity index (χ1v) is 7.45. The molecule has 1 aliphatic rings. The molecule has 1 rings (SSSR count). The molecule has 118 valence electrons. The minimum Gasteiger partial charge on any atom is -0.480 e. The molecule has 0 amide bonds. The molecule has 1 aliphatic carbocycles. The Balaban J connectivity index is 2.51. The maximum absolute atomic E-state index is 11.2. The predicted octanol–water partition coefficient (Wildman–Crippen LogP) is 0.696. The molecule has 20 heavy (non-hydrogen) atoms. The molecule has 0 radical (unpaired) electrons. The summed E-state index contributed by atoms with van der Waals surface area (Å²) in [5.41, 5.74) is 4.88. The molecule has 6 nitrogen and oxygen atoms in total. The minimum atomic E-state index is -1.07. The maximum atomic E-state index is 11.2. The fourth-order valence-corrected chi connectivity index (χ4v) is 2.68. The van der Waals surface area contributed by atoms with E-state index in [1.54, 1.807) is 0 Å². The molecule has 0 aromatic carbocycles. The van der Waals surface area contributed by atoms with Crippen LogP contribution in [-0.4, -0.2) is 67.1 Å².